The van der Waals surface area contributed by atoms with Crippen LogP contribution in [0.4, 0.5) is 0 Å². The summed E-state index contributed by atoms with van der Waals surface area (Å²) in [6.07, 6.45) is -3.76. The molecule has 3 aromatic rings. The lowest BCUT2D eigenvalue weighted by Crippen LogP contribution is -2.62. The summed E-state index contributed by atoms with van der Waals surface area (Å²) < 4.78 is 37.2. The van der Waals surface area contributed by atoms with Gasteiger partial charge in [-0.1, -0.05) is 91.0 Å². The quantitative estimate of drug-likeness (QED) is 0.126. The van der Waals surface area contributed by atoms with E-state index in [1.807, 2.05) is 91.0 Å². The van der Waals surface area contributed by atoms with Gasteiger partial charge in [0.15, 0.2) is 6.29 Å². The van der Waals surface area contributed by atoms with Crippen molar-refractivity contribution in [2.45, 2.75) is 63.4 Å². The first-order valence-electron chi connectivity index (χ1n) is 14.2. The Morgan fingerprint density at radius 1 is 0.698 bits per heavy atom. The largest absolute Gasteiger partial charge is 0.481 e. The summed E-state index contributed by atoms with van der Waals surface area (Å²) in [6, 6.07) is 29.0. The summed E-state index contributed by atoms with van der Waals surface area (Å²) >= 11 is 5.69. The number of carboxylic acids is 1. The number of carbonyl (C=O) groups excluding carboxylic acids is 1. The highest BCUT2D eigenvalue weighted by Gasteiger charge is 2.49. The van der Waals surface area contributed by atoms with E-state index in [2.05, 4.69) is 0 Å². The Bertz CT molecular complexity index is 1230. The lowest BCUT2D eigenvalue weighted by Gasteiger charge is -2.45. The smallest absolute Gasteiger partial charge is 0.320 e. The van der Waals surface area contributed by atoms with Gasteiger partial charge in [-0.3, -0.25) is 9.59 Å². The molecule has 0 aliphatic carbocycles. The van der Waals surface area contributed by atoms with Gasteiger partial charge in [-0.2, -0.15) is 0 Å². The van der Waals surface area contributed by atoms with Gasteiger partial charge in [-0.25, -0.2) is 0 Å². The molecule has 0 radical (unpaired) electrons. The second kappa shape index (κ2) is 17.7. The number of hydrogen-bond donors (Lipinski definition) is 1. The van der Waals surface area contributed by atoms with Crippen LogP contribution in [0, 0.1) is 0 Å². The maximum absolute atomic E-state index is 12.0. The monoisotopic (exact) mass is 612 g/mol. The van der Waals surface area contributed by atoms with Gasteiger partial charge in [-0.05, 0) is 23.1 Å². The number of esters is 1. The average molecular weight is 613 g/mol. The van der Waals surface area contributed by atoms with Crippen LogP contribution in [-0.2, 0) is 57.8 Å². The molecule has 1 aliphatic heterocycles. The van der Waals surface area contributed by atoms with Crippen LogP contribution in [0.25, 0.3) is 0 Å². The normalized spacial score (nSPS) is 21.7. The molecule has 1 aliphatic rings. The highest BCUT2D eigenvalue weighted by Crippen LogP contribution is 2.31. The van der Waals surface area contributed by atoms with E-state index in [9.17, 15) is 9.59 Å². The number of aliphatic carboxylic acids is 1. The minimum Gasteiger partial charge on any atom is -0.481 e. The first-order valence-corrected chi connectivity index (χ1v) is 14.7. The van der Waals surface area contributed by atoms with Crippen molar-refractivity contribution < 1.29 is 43.1 Å². The molecule has 43 heavy (non-hydrogen) atoms. The van der Waals surface area contributed by atoms with Gasteiger partial charge in [0.2, 0.25) is 0 Å². The van der Waals surface area contributed by atoms with Crippen molar-refractivity contribution in [1.82, 2.24) is 0 Å². The topological polar surface area (TPSA) is 110 Å². The van der Waals surface area contributed by atoms with Crippen LogP contribution in [0.5, 0.6) is 0 Å². The molecule has 230 valence electrons. The highest BCUT2D eigenvalue weighted by molar-refractivity contribution is 6.26. The van der Waals surface area contributed by atoms with Crippen molar-refractivity contribution in [2.75, 3.05) is 19.1 Å². The zero-order valence-electron chi connectivity index (χ0n) is 23.8. The van der Waals surface area contributed by atoms with Crippen LogP contribution in [0.15, 0.2) is 91.0 Å². The van der Waals surface area contributed by atoms with Crippen molar-refractivity contribution in [3.63, 3.8) is 0 Å². The molecule has 0 aromatic heterocycles. The molecular weight excluding hydrogens is 576 g/mol. The molecule has 0 unspecified atom stereocenters. The summed E-state index contributed by atoms with van der Waals surface area (Å²) in [7, 11) is 0. The van der Waals surface area contributed by atoms with Gasteiger partial charge in [0.05, 0.1) is 26.4 Å². The first-order chi connectivity index (χ1) is 21.0. The molecule has 0 saturated carbocycles. The number of benzene rings is 3. The van der Waals surface area contributed by atoms with Crippen LogP contribution >= 0.6 is 11.6 Å². The van der Waals surface area contributed by atoms with Gasteiger partial charge in [0.1, 0.15) is 36.9 Å². The van der Waals surface area contributed by atoms with Crippen LogP contribution < -0.4 is 0 Å². The van der Waals surface area contributed by atoms with Crippen molar-refractivity contribution >= 4 is 23.5 Å². The fraction of sp³-hybridized carbons (Fsp3) is 0.394. The summed E-state index contributed by atoms with van der Waals surface area (Å²) in [5, 5.41) is 9.10. The maximum atomic E-state index is 12.0. The van der Waals surface area contributed by atoms with Gasteiger partial charge in [0.25, 0.3) is 0 Å². The van der Waals surface area contributed by atoms with E-state index in [0.29, 0.717) is 0 Å². The molecule has 1 fully saturated rings. The summed E-state index contributed by atoms with van der Waals surface area (Å²) in [6.45, 7) is 0.692. The number of halogens is 1. The molecule has 1 N–H and O–H groups in total. The summed E-state index contributed by atoms with van der Waals surface area (Å²) in [4.78, 5) is 23.1. The zero-order valence-corrected chi connectivity index (χ0v) is 24.6. The molecular formula is C33H37ClO9. The molecule has 10 heteroatoms. The van der Waals surface area contributed by atoms with Crippen LogP contribution in [0.3, 0.4) is 0 Å². The number of carboxylic acid groups (broad SMARTS) is 1. The summed E-state index contributed by atoms with van der Waals surface area (Å²) in [5.41, 5.74) is 2.82. The van der Waals surface area contributed by atoms with E-state index in [4.69, 9.17) is 45.1 Å². The van der Waals surface area contributed by atoms with E-state index in [-0.39, 0.29) is 51.8 Å². The van der Waals surface area contributed by atoms with Gasteiger partial charge in [0, 0.05) is 6.42 Å². The third kappa shape index (κ3) is 10.7. The molecule has 0 bridgehead atoms. The third-order valence-corrected chi connectivity index (χ3v) is 7.00. The number of ether oxygens (including phenoxy) is 6. The third-order valence-electron chi connectivity index (χ3n) is 6.78. The maximum Gasteiger partial charge on any atom is 0.320 e. The Morgan fingerprint density at radius 2 is 1.19 bits per heavy atom. The van der Waals surface area contributed by atoms with Crippen molar-refractivity contribution in [3.8, 4) is 0 Å². The molecule has 9 nitrogen and oxygen atoms in total. The lowest BCUT2D eigenvalue weighted by molar-refractivity contribution is -0.327. The second-order valence-corrected chi connectivity index (χ2v) is 10.3. The average Bonchev–Trinajstić information content (AvgIpc) is 3.04. The fourth-order valence-corrected chi connectivity index (χ4v) is 4.73. The van der Waals surface area contributed by atoms with Crippen molar-refractivity contribution in [3.05, 3.63) is 108 Å². The Morgan fingerprint density at radius 3 is 1.67 bits per heavy atom. The highest BCUT2D eigenvalue weighted by atomic mass is 35.5. The van der Waals surface area contributed by atoms with Crippen molar-refractivity contribution in [1.29, 1.82) is 0 Å². The predicted molar refractivity (Wildman–Crippen MR) is 158 cm³/mol. The Balaban J connectivity index is 1.63. The summed E-state index contributed by atoms with van der Waals surface area (Å²) in [5.74, 6) is -1.83. The fourth-order valence-electron chi connectivity index (χ4n) is 4.65. The predicted octanol–water partition coefficient (Wildman–Crippen LogP) is 5.13. The number of rotatable bonds is 17. The molecule has 3 aromatic carbocycles. The second-order valence-electron chi connectivity index (χ2n) is 10.0. The van der Waals surface area contributed by atoms with Crippen LogP contribution in [0.1, 0.15) is 29.5 Å². The number of hydrogen-bond acceptors (Lipinski definition) is 8. The minimum atomic E-state index is -0.963. The molecule has 1 saturated heterocycles. The molecule has 4 rings (SSSR count). The molecule has 0 spiro atoms. The van der Waals surface area contributed by atoms with E-state index >= 15 is 0 Å². The van der Waals surface area contributed by atoms with E-state index in [1.54, 1.807) is 0 Å². The Labute approximate surface area is 256 Å². The van der Waals surface area contributed by atoms with Crippen LogP contribution in [-0.4, -0.2) is 66.8 Å². The van der Waals surface area contributed by atoms with Gasteiger partial charge in [-0.15, -0.1) is 11.6 Å². The van der Waals surface area contributed by atoms with Crippen molar-refractivity contribution in [2.24, 2.45) is 0 Å². The molecule has 1 heterocycles. The number of alkyl halides is 1. The first kappa shape index (κ1) is 32.6. The Hall–Kier alpha value is -3.31. The van der Waals surface area contributed by atoms with E-state index in [1.165, 1.54) is 0 Å². The SMILES string of the molecule is O=C(O)CCCO[C@@H]1O[C@H](COC(=O)CCl)[C@@H](OCc2ccccc2)[C@H](OCc2ccccc2)[C@H]1OCc1ccccc1. The van der Waals surface area contributed by atoms with E-state index < -0.39 is 42.6 Å². The zero-order chi connectivity index (χ0) is 30.3. The van der Waals surface area contributed by atoms with E-state index in [0.717, 1.165) is 16.7 Å². The standard InChI is InChI=1S/C33H37ClO9/c34-19-29(37)39-23-27-30(40-20-24-11-4-1-5-12-24)31(41-21-25-13-6-2-7-14-25)32(42-22-26-15-8-3-9-16-26)33(43-27)38-18-10-17-28(35)36/h1-9,11-16,27,30-33H,10,17-23H2,(H,35,36)/t27-,30-,31+,32-,33-/m1/s1. The molecule has 5 atom stereocenters. The van der Waals surface area contributed by atoms with Gasteiger partial charge >= 0.3 is 11.9 Å². The Kier molecular flexibility index (Phi) is 13.4. The van der Waals surface area contributed by atoms with Crippen LogP contribution in [0.2, 0.25) is 0 Å². The molecule has 0 amide bonds. The lowest BCUT2D eigenvalue weighted by atomic mass is 9.97. The number of carbonyl (C=O) groups is 2. The van der Waals surface area contributed by atoms with Gasteiger partial charge < -0.3 is 33.5 Å². The minimum absolute atomic E-state index is 0.0598.